The Morgan fingerprint density at radius 1 is 1.44 bits per heavy atom. The van der Waals surface area contributed by atoms with Gasteiger partial charge in [-0.05, 0) is 18.6 Å². The molecule has 6 nitrogen and oxygen atoms in total. The Bertz CT molecular complexity index is 542. The summed E-state index contributed by atoms with van der Waals surface area (Å²) in [5, 5.41) is 12.5. The third kappa shape index (κ3) is 2.90. The lowest BCUT2D eigenvalue weighted by atomic mass is 10.3. The van der Waals surface area contributed by atoms with Crippen molar-refractivity contribution < 1.29 is 9.26 Å². The van der Waals surface area contributed by atoms with Gasteiger partial charge in [-0.3, -0.25) is 0 Å². The molecule has 0 radical (unpaired) electrons. The van der Waals surface area contributed by atoms with Crippen LogP contribution >= 0.6 is 0 Å². The predicted molar refractivity (Wildman–Crippen MR) is 62.2 cm³/mol. The van der Waals surface area contributed by atoms with Crippen molar-refractivity contribution in [1.82, 2.24) is 15.1 Å². The van der Waals surface area contributed by atoms with Crippen LogP contribution in [-0.2, 0) is 11.3 Å². The number of hydrogen-bond acceptors (Lipinski definition) is 6. The number of nitrogens with zero attached hydrogens (tertiary/aromatic N) is 4. The summed E-state index contributed by atoms with van der Waals surface area (Å²) in [7, 11) is 0. The first-order valence-corrected chi connectivity index (χ1v) is 5.60. The maximum atomic E-state index is 8.67. The van der Waals surface area contributed by atoms with Crippen LogP contribution in [0.3, 0.4) is 0 Å². The normalized spacial score (nSPS) is 10.2. The van der Waals surface area contributed by atoms with Crippen molar-refractivity contribution in [2.75, 3.05) is 6.61 Å². The molecule has 0 aliphatic heterocycles. The molecular formula is C12H12N4O2. The fraction of sp³-hybridized carbons (Fsp3) is 0.333. The smallest absolute Gasteiger partial charge is 0.276 e. The molecule has 0 atom stereocenters. The number of rotatable bonds is 5. The molecule has 18 heavy (non-hydrogen) atoms. The van der Waals surface area contributed by atoms with Gasteiger partial charge in [-0.15, -0.1) is 0 Å². The number of nitriles is 1. The standard InChI is InChI=1S/C12H12N4O2/c1-2-5-17-8-11-15-12(18-16-11)10-4-3-9(6-13)7-14-10/h3-4,7H,2,5,8H2,1H3. The van der Waals surface area contributed by atoms with E-state index in [1.54, 1.807) is 12.1 Å². The van der Waals surface area contributed by atoms with Crippen molar-refractivity contribution in [3.63, 3.8) is 0 Å². The van der Waals surface area contributed by atoms with Crippen LogP contribution in [0.25, 0.3) is 11.6 Å². The molecule has 0 N–H and O–H groups in total. The minimum Gasteiger partial charge on any atom is -0.373 e. The van der Waals surface area contributed by atoms with E-state index in [1.807, 2.05) is 13.0 Å². The summed E-state index contributed by atoms with van der Waals surface area (Å²) >= 11 is 0. The van der Waals surface area contributed by atoms with Crippen molar-refractivity contribution in [2.24, 2.45) is 0 Å². The van der Waals surface area contributed by atoms with Crippen LogP contribution in [0, 0.1) is 11.3 Å². The lowest BCUT2D eigenvalue weighted by molar-refractivity contribution is 0.114. The van der Waals surface area contributed by atoms with E-state index in [0.717, 1.165) is 6.42 Å². The molecule has 6 heteroatoms. The molecule has 0 fully saturated rings. The summed E-state index contributed by atoms with van der Waals surface area (Å²) in [6.45, 7) is 3.02. The molecule has 0 aliphatic rings. The molecule has 2 aromatic rings. The molecule has 2 aromatic heterocycles. The highest BCUT2D eigenvalue weighted by atomic mass is 16.5. The van der Waals surface area contributed by atoms with Crippen LogP contribution in [0.15, 0.2) is 22.9 Å². The topological polar surface area (TPSA) is 84.8 Å². The lowest BCUT2D eigenvalue weighted by Gasteiger charge is -1.95. The zero-order valence-corrected chi connectivity index (χ0v) is 9.96. The first kappa shape index (κ1) is 12.2. The lowest BCUT2D eigenvalue weighted by Crippen LogP contribution is -1.95. The van der Waals surface area contributed by atoms with E-state index < -0.39 is 0 Å². The Morgan fingerprint density at radius 2 is 2.33 bits per heavy atom. The minimum absolute atomic E-state index is 0.327. The van der Waals surface area contributed by atoms with E-state index in [-0.39, 0.29) is 0 Å². The van der Waals surface area contributed by atoms with Crippen LogP contribution in [0.5, 0.6) is 0 Å². The van der Waals surface area contributed by atoms with Crippen LogP contribution < -0.4 is 0 Å². The fourth-order valence-electron chi connectivity index (χ4n) is 1.31. The maximum absolute atomic E-state index is 8.67. The highest BCUT2D eigenvalue weighted by Gasteiger charge is 2.09. The molecule has 0 unspecified atom stereocenters. The Morgan fingerprint density at radius 3 is 3.00 bits per heavy atom. The van der Waals surface area contributed by atoms with E-state index in [4.69, 9.17) is 14.5 Å². The summed E-state index contributed by atoms with van der Waals surface area (Å²) in [6.07, 6.45) is 2.41. The monoisotopic (exact) mass is 244 g/mol. The maximum Gasteiger partial charge on any atom is 0.276 e. The summed E-state index contributed by atoms with van der Waals surface area (Å²) in [6, 6.07) is 5.32. The Hall–Kier alpha value is -2.26. The number of ether oxygens (including phenoxy) is 1. The van der Waals surface area contributed by atoms with Gasteiger partial charge in [-0.25, -0.2) is 4.98 Å². The van der Waals surface area contributed by atoms with Gasteiger partial charge in [0.2, 0.25) is 0 Å². The van der Waals surface area contributed by atoms with Gasteiger partial charge in [-0.2, -0.15) is 10.2 Å². The van der Waals surface area contributed by atoms with Crippen LogP contribution in [0.1, 0.15) is 24.7 Å². The molecule has 2 rings (SSSR count). The second-order valence-corrected chi connectivity index (χ2v) is 3.61. The van der Waals surface area contributed by atoms with Gasteiger partial charge >= 0.3 is 0 Å². The highest BCUT2D eigenvalue weighted by molar-refractivity contribution is 5.47. The third-order valence-electron chi connectivity index (χ3n) is 2.16. The second kappa shape index (κ2) is 5.89. The van der Waals surface area contributed by atoms with Crippen molar-refractivity contribution in [1.29, 1.82) is 5.26 Å². The van der Waals surface area contributed by atoms with Gasteiger partial charge in [-0.1, -0.05) is 12.1 Å². The van der Waals surface area contributed by atoms with Gasteiger partial charge in [0.25, 0.3) is 5.89 Å². The summed E-state index contributed by atoms with van der Waals surface area (Å²) in [5.74, 6) is 0.819. The number of pyridine rings is 1. The largest absolute Gasteiger partial charge is 0.373 e. The fourth-order valence-corrected chi connectivity index (χ4v) is 1.31. The van der Waals surface area contributed by atoms with E-state index in [2.05, 4.69) is 15.1 Å². The number of hydrogen-bond donors (Lipinski definition) is 0. The van der Waals surface area contributed by atoms with Crippen LogP contribution in [0.2, 0.25) is 0 Å². The van der Waals surface area contributed by atoms with Gasteiger partial charge in [0.15, 0.2) is 5.82 Å². The molecule has 2 heterocycles. The van der Waals surface area contributed by atoms with E-state index in [1.165, 1.54) is 6.20 Å². The zero-order chi connectivity index (χ0) is 12.8. The molecule has 0 aromatic carbocycles. The molecule has 0 aliphatic carbocycles. The second-order valence-electron chi connectivity index (χ2n) is 3.61. The molecule has 0 saturated carbocycles. The molecule has 92 valence electrons. The molecule has 0 saturated heterocycles. The molecule has 0 amide bonds. The summed E-state index contributed by atoms with van der Waals surface area (Å²) < 4.78 is 10.4. The first-order valence-electron chi connectivity index (χ1n) is 5.60. The van der Waals surface area contributed by atoms with Crippen molar-refractivity contribution in [3.8, 4) is 17.7 Å². The Kier molecular flexibility index (Phi) is 3.99. The predicted octanol–water partition coefficient (Wildman–Crippen LogP) is 1.93. The first-order chi connectivity index (χ1) is 8.83. The van der Waals surface area contributed by atoms with Gasteiger partial charge < -0.3 is 9.26 Å². The van der Waals surface area contributed by atoms with Gasteiger partial charge in [0.1, 0.15) is 18.4 Å². The Labute approximate surface area is 104 Å². The molecular weight excluding hydrogens is 232 g/mol. The average molecular weight is 244 g/mol. The van der Waals surface area contributed by atoms with Crippen molar-refractivity contribution >= 4 is 0 Å². The van der Waals surface area contributed by atoms with Gasteiger partial charge in [0.05, 0.1) is 5.56 Å². The number of aromatic nitrogens is 3. The Balaban J connectivity index is 2.06. The zero-order valence-electron chi connectivity index (χ0n) is 9.96. The van der Waals surface area contributed by atoms with E-state index in [0.29, 0.717) is 36.2 Å². The molecule has 0 bridgehead atoms. The van der Waals surface area contributed by atoms with Gasteiger partial charge in [0, 0.05) is 12.8 Å². The van der Waals surface area contributed by atoms with Crippen molar-refractivity contribution in [2.45, 2.75) is 20.0 Å². The average Bonchev–Trinajstić information content (AvgIpc) is 2.88. The SMILES string of the molecule is CCCOCc1noc(-c2ccc(C#N)cn2)n1. The summed E-state index contributed by atoms with van der Waals surface area (Å²) in [5.41, 5.74) is 1.04. The van der Waals surface area contributed by atoms with E-state index in [9.17, 15) is 0 Å². The van der Waals surface area contributed by atoms with E-state index >= 15 is 0 Å². The van der Waals surface area contributed by atoms with Crippen LogP contribution in [-0.4, -0.2) is 21.7 Å². The summed E-state index contributed by atoms with van der Waals surface area (Å²) in [4.78, 5) is 8.23. The van der Waals surface area contributed by atoms with Crippen molar-refractivity contribution in [3.05, 3.63) is 29.7 Å². The van der Waals surface area contributed by atoms with Crippen LogP contribution in [0.4, 0.5) is 0 Å². The third-order valence-corrected chi connectivity index (χ3v) is 2.16. The molecule has 0 spiro atoms. The quantitative estimate of drug-likeness (QED) is 0.747. The highest BCUT2D eigenvalue weighted by Crippen LogP contribution is 2.14. The minimum atomic E-state index is 0.327.